The largest absolute Gasteiger partial charge is 0.495 e. The number of aromatic nitrogens is 5. The van der Waals surface area contributed by atoms with Gasteiger partial charge in [-0.3, -0.25) is 4.79 Å². The van der Waals surface area contributed by atoms with Crippen LogP contribution in [0.4, 0.5) is 10.8 Å². The summed E-state index contributed by atoms with van der Waals surface area (Å²) in [6, 6.07) is 4.90. The molecule has 1 aliphatic heterocycles. The molecule has 0 aliphatic carbocycles. The number of halogens is 1. The molecule has 1 fully saturated rings. The van der Waals surface area contributed by atoms with Crippen molar-refractivity contribution < 1.29 is 9.53 Å². The van der Waals surface area contributed by atoms with Crippen molar-refractivity contribution in [3.63, 3.8) is 0 Å². The first kappa shape index (κ1) is 19.8. The zero-order valence-corrected chi connectivity index (χ0v) is 18.1. The highest BCUT2D eigenvalue weighted by molar-refractivity contribution is 7.22. The molecule has 1 amide bonds. The van der Waals surface area contributed by atoms with Crippen molar-refractivity contribution in [1.82, 2.24) is 24.1 Å². The third kappa shape index (κ3) is 3.59. The predicted octanol–water partition coefficient (Wildman–Crippen LogP) is 2.40. The average molecular weight is 460 g/mol. The first-order valence-electron chi connectivity index (χ1n) is 9.66. The zero-order valence-electron chi connectivity index (χ0n) is 16.5. The van der Waals surface area contributed by atoms with Crippen LogP contribution in [0.25, 0.3) is 16.0 Å². The van der Waals surface area contributed by atoms with Crippen molar-refractivity contribution in [1.29, 1.82) is 0 Å². The van der Waals surface area contributed by atoms with Gasteiger partial charge in [-0.1, -0.05) is 22.9 Å². The Labute approximate surface area is 185 Å². The highest BCUT2D eigenvalue weighted by Crippen LogP contribution is 2.31. The first-order chi connectivity index (χ1) is 15.0. The molecule has 31 heavy (non-hydrogen) atoms. The normalized spacial score (nSPS) is 13.9. The van der Waals surface area contributed by atoms with Crippen LogP contribution in [0, 0.1) is 0 Å². The quantitative estimate of drug-likeness (QED) is 0.488. The summed E-state index contributed by atoms with van der Waals surface area (Å²) in [7, 11) is 1.51. The molecular weight excluding hydrogens is 442 g/mol. The van der Waals surface area contributed by atoms with Crippen LogP contribution in [0.2, 0.25) is 5.02 Å². The van der Waals surface area contributed by atoms with Crippen LogP contribution in [0.15, 0.2) is 29.3 Å². The van der Waals surface area contributed by atoms with E-state index < -0.39 is 11.6 Å². The Morgan fingerprint density at radius 2 is 2.13 bits per heavy atom. The van der Waals surface area contributed by atoms with Gasteiger partial charge >= 0.3 is 5.69 Å². The smallest absolute Gasteiger partial charge is 0.352 e. The molecule has 1 N–H and O–H groups in total. The zero-order chi connectivity index (χ0) is 21.5. The molecular formula is C19H18ClN7O3S. The topological polar surface area (TPSA) is 107 Å². The van der Waals surface area contributed by atoms with E-state index in [1.54, 1.807) is 18.2 Å². The van der Waals surface area contributed by atoms with E-state index in [-0.39, 0.29) is 6.54 Å². The number of ether oxygens (including phenoxy) is 1. The van der Waals surface area contributed by atoms with E-state index in [0.29, 0.717) is 27.8 Å². The first-order valence-corrected chi connectivity index (χ1v) is 10.9. The molecule has 5 rings (SSSR count). The molecule has 0 bridgehead atoms. The number of hydrogen-bond acceptors (Lipinski definition) is 8. The minimum atomic E-state index is -0.441. The highest BCUT2D eigenvalue weighted by Gasteiger charge is 2.20. The summed E-state index contributed by atoms with van der Waals surface area (Å²) in [5.41, 5.74) is 1.05. The van der Waals surface area contributed by atoms with Crippen LogP contribution in [0.5, 0.6) is 5.75 Å². The van der Waals surface area contributed by atoms with Crippen molar-refractivity contribution in [2.45, 2.75) is 19.4 Å². The van der Waals surface area contributed by atoms with Crippen LogP contribution >= 0.6 is 22.9 Å². The molecule has 160 valence electrons. The minimum absolute atomic E-state index is 0.247. The van der Waals surface area contributed by atoms with Crippen LogP contribution in [0.3, 0.4) is 0 Å². The summed E-state index contributed by atoms with van der Waals surface area (Å²) in [5.74, 6) is 0.101. The number of anilines is 2. The van der Waals surface area contributed by atoms with Gasteiger partial charge in [-0.2, -0.15) is 4.98 Å². The lowest BCUT2D eigenvalue weighted by atomic mass is 10.3. The monoisotopic (exact) mass is 459 g/mol. The molecule has 0 spiro atoms. The fraction of sp³-hybridized carbons (Fsp3) is 0.316. The molecule has 4 heterocycles. The Morgan fingerprint density at radius 3 is 2.87 bits per heavy atom. The summed E-state index contributed by atoms with van der Waals surface area (Å²) >= 11 is 7.56. The van der Waals surface area contributed by atoms with E-state index in [1.807, 2.05) is 0 Å². The Bertz CT molecular complexity index is 1360. The van der Waals surface area contributed by atoms with Crippen molar-refractivity contribution in [2.24, 2.45) is 0 Å². The number of carbonyl (C=O) groups is 1. The molecule has 0 radical (unpaired) electrons. The molecule has 1 saturated heterocycles. The fourth-order valence-electron chi connectivity index (χ4n) is 3.55. The van der Waals surface area contributed by atoms with Crippen molar-refractivity contribution in [3.05, 3.63) is 40.0 Å². The van der Waals surface area contributed by atoms with Gasteiger partial charge in [0.2, 0.25) is 5.91 Å². The summed E-state index contributed by atoms with van der Waals surface area (Å²) in [6.07, 6.45) is 3.68. The van der Waals surface area contributed by atoms with Gasteiger partial charge in [0.15, 0.2) is 16.4 Å². The Balaban J connectivity index is 1.42. The summed E-state index contributed by atoms with van der Waals surface area (Å²) < 4.78 is 8.28. The summed E-state index contributed by atoms with van der Waals surface area (Å²) in [6.45, 7) is 1.68. The fourth-order valence-corrected chi connectivity index (χ4v) is 4.86. The Hall–Kier alpha value is -3.18. The molecule has 10 nitrogen and oxygen atoms in total. The van der Waals surface area contributed by atoms with Crippen molar-refractivity contribution in [3.8, 4) is 5.75 Å². The second-order valence-electron chi connectivity index (χ2n) is 7.12. The lowest BCUT2D eigenvalue weighted by molar-refractivity contribution is -0.117. The molecule has 12 heteroatoms. The van der Waals surface area contributed by atoms with Crippen LogP contribution in [0.1, 0.15) is 12.8 Å². The molecule has 3 aromatic heterocycles. The van der Waals surface area contributed by atoms with Gasteiger partial charge in [0.1, 0.15) is 23.3 Å². The average Bonchev–Trinajstić information content (AvgIpc) is 3.47. The number of benzene rings is 1. The third-order valence-corrected chi connectivity index (χ3v) is 6.47. The molecule has 1 aromatic carbocycles. The van der Waals surface area contributed by atoms with Gasteiger partial charge in [-0.25, -0.2) is 18.9 Å². The number of carbonyl (C=O) groups excluding carboxylic acids is 1. The maximum atomic E-state index is 12.7. The number of thiazole rings is 1. The Morgan fingerprint density at radius 1 is 1.32 bits per heavy atom. The Kier molecular flexibility index (Phi) is 4.98. The number of rotatable bonds is 5. The lowest BCUT2D eigenvalue weighted by Crippen LogP contribution is -2.28. The second kappa shape index (κ2) is 7.82. The number of amides is 1. The standard InChI is InChI=1S/C19H18ClN7O3S/c1-30-13-5-4-11(8-12(13)20)22-14(28)9-27-19(29)26-10-21-16-15(17(26)24-27)31-18(23-16)25-6-2-3-7-25/h4-5,8,10H,2-3,6-7,9H2,1H3,(H,22,28). The number of nitrogens with zero attached hydrogens (tertiary/aromatic N) is 6. The molecule has 1 aliphatic rings. The minimum Gasteiger partial charge on any atom is -0.495 e. The number of nitrogens with one attached hydrogen (secondary N) is 1. The van der Waals surface area contributed by atoms with Gasteiger partial charge in [0, 0.05) is 18.8 Å². The predicted molar refractivity (Wildman–Crippen MR) is 119 cm³/mol. The number of methoxy groups -OCH3 is 1. The van der Waals surface area contributed by atoms with Gasteiger partial charge in [-0.05, 0) is 31.0 Å². The van der Waals surface area contributed by atoms with Crippen molar-refractivity contribution >= 4 is 55.7 Å². The van der Waals surface area contributed by atoms with Crippen molar-refractivity contribution in [2.75, 3.05) is 30.4 Å². The maximum Gasteiger partial charge on any atom is 0.352 e. The third-order valence-electron chi connectivity index (χ3n) is 5.07. The van der Waals surface area contributed by atoms with E-state index in [4.69, 9.17) is 16.3 Å². The van der Waals surface area contributed by atoms with Gasteiger partial charge in [-0.15, -0.1) is 5.10 Å². The molecule has 0 saturated carbocycles. The van der Waals surface area contributed by atoms with Crippen LogP contribution in [-0.4, -0.2) is 50.3 Å². The SMILES string of the molecule is COc1ccc(NC(=O)Cn2nc3c4sc(N5CCCC5)nc4ncn3c2=O)cc1Cl. The highest BCUT2D eigenvalue weighted by atomic mass is 35.5. The van der Waals surface area contributed by atoms with E-state index in [0.717, 1.165) is 40.4 Å². The molecule has 4 aromatic rings. The number of hydrogen-bond donors (Lipinski definition) is 1. The number of fused-ring (bicyclic) bond motifs is 3. The summed E-state index contributed by atoms with van der Waals surface area (Å²) in [5, 5.41) is 8.34. The van der Waals surface area contributed by atoms with Gasteiger partial charge in [0.05, 0.1) is 12.1 Å². The van der Waals surface area contributed by atoms with E-state index in [1.165, 1.54) is 29.2 Å². The van der Waals surface area contributed by atoms with Gasteiger partial charge < -0.3 is 15.0 Å². The molecule has 0 atom stereocenters. The van der Waals surface area contributed by atoms with Gasteiger partial charge in [0.25, 0.3) is 0 Å². The second-order valence-corrected chi connectivity index (χ2v) is 8.50. The maximum absolute atomic E-state index is 12.7. The van der Waals surface area contributed by atoms with E-state index in [2.05, 4.69) is 25.3 Å². The van der Waals surface area contributed by atoms with E-state index in [9.17, 15) is 9.59 Å². The molecule has 0 unspecified atom stereocenters. The summed E-state index contributed by atoms with van der Waals surface area (Å²) in [4.78, 5) is 36.3. The van der Waals surface area contributed by atoms with E-state index >= 15 is 0 Å². The van der Waals surface area contributed by atoms with Crippen LogP contribution < -0.4 is 20.6 Å². The van der Waals surface area contributed by atoms with Crippen LogP contribution in [-0.2, 0) is 11.3 Å². The lowest BCUT2D eigenvalue weighted by Gasteiger charge is -2.11.